The van der Waals surface area contributed by atoms with E-state index in [0.717, 1.165) is 216 Å². The number of carbonyl (C=O) groups excluding carboxylic acids is 6. The van der Waals surface area contributed by atoms with Gasteiger partial charge in [0.25, 0.3) is 0 Å². The molecule has 0 saturated carbocycles. The number of aromatic nitrogens is 16. The maximum absolute atomic E-state index is 13.7. The number of amides is 6. The van der Waals surface area contributed by atoms with Gasteiger partial charge in [-0.2, -0.15) is 60.0 Å². The molecule has 0 unspecified atom stereocenters. The topological polar surface area (TPSA) is 339 Å². The third-order valence-electron chi connectivity index (χ3n) is 25.0. The van der Waals surface area contributed by atoms with Crippen molar-refractivity contribution >= 4 is 69.3 Å². The number of carbonyl (C=O) groups is 6. The van der Waals surface area contributed by atoms with Crippen molar-refractivity contribution in [3.05, 3.63) is 209 Å². The Balaban J connectivity index is 0.000000137. The van der Waals surface area contributed by atoms with Crippen LogP contribution in [-0.4, -0.2) is 230 Å². The first kappa shape index (κ1) is 94.2. The van der Waals surface area contributed by atoms with Gasteiger partial charge in [-0.3, -0.25) is 19.2 Å². The highest BCUT2D eigenvalue weighted by Crippen LogP contribution is 2.46. The van der Waals surface area contributed by atoms with E-state index < -0.39 is 11.2 Å². The molecule has 10 aromatic rings. The summed E-state index contributed by atoms with van der Waals surface area (Å²) in [7, 11) is 0. The second kappa shape index (κ2) is 42.6. The number of likely N-dealkylation sites (tertiary alicyclic amines) is 5. The first-order valence-corrected chi connectivity index (χ1v) is 46.2. The van der Waals surface area contributed by atoms with Crippen LogP contribution in [0.4, 0.5) is 15.5 Å². The van der Waals surface area contributed by atoms with Crippen LogP contribution >= 0.6 is 27.5 Å². The average Bonchev–Trinajstić information content (AvgIpc) is 0.969. The molecule has 0 atom stereocenters. The highest BCUT2D eigenvalue weighted by atomic mass is 79.9. The third-order valence-corrected chi connectivity index (χ3v) is 25.8. The maximum atomic E-state index is 13.7. The molecule has 680 valence electrons. The molecule has 0 bridgehead atoms. The Morgan fingerprint density at radius 1 is 0.391 bits per heavy atom. The van der Waals surface area contributed by atoms with Crippen LogP contribution < -0.4 is 15.5 Å². The van der Waals surface area contributed by atoms with Crippen LogP contribution in [0, 0.1) is 49.4 Å². The van der Waals surface area contributed by atoms with Crippen LogP contribution in [0.2, 0.25) is 5.28 Å². The van der Waals surface area contributed by atoms with Gasteiger partial charge in [-0.05, 0) is 255 Å². The van der Waals surface area contributed by atoms with E-state index >= 15 is 0 Å². The minimum absolute atomic E-state index is 0.137. The summed E-state index contributed by atoms with van der Waals surface area (Å²) in [6.07, 6.45) is 27.2. The number of nitrogens with zero attached hydrogens (tertiary/aromatic N) is 22. The molecule has 4 spiro atoms. The quantitative estimate of drug-likeness (QED) is 0.0847. The Morgan fingerprint density at radius 3 is 1.03 bits per heavy atom. The molecule has 8 fully saturated rings. The summed E-state index contributed by atoms with van der Waals surface area (Å²) in [4.78, 5) is 112. The van der Waals surface area contributed by atoms with E-state index in [-0.39, 0.29) is 51.6 Å². The van der Waals surface area contributed by atoms with Gasteiger partial charge in [0.2, 0.25) is 34.9 Å². The average molecular weight is 1830 g/mol. The molecule has 32 nitrogen and oxygen atoms in total. The standard InChI is InChI=1S/C24H29N7O.C23H31N5O3.C18H23N5O.C14H24N2O3.C9H8BrN3.C6H7ClN2/c1-18-16-19(2)28-23(27-18)29-14-9-24(10-15-29)8-5-13-30(22(24)32)17-20-6-3-4-7-21(20)31-25-11-12-26-31;1-22(2,3)31-21(30)26-15-10-23(11-16-26)9-6-14-27(20(23)29)17-18-7-4-5-8-19(18)28-24-12-13-25-28;24-17-18(7-9-19-10-8-18)6-3-13-22(17)14-15-4-1-2-5-16(15)23-20-11-12-21-23;1-13(2,3)19-12(18)16-9-6-14(7-10-16)5-4-8-15-11(14)17;10-7-8-3-1-2-4-9(8)13-11-5-6-12-13;1-4-3-5(2)9-6(7)8-4/h3-4,6-7,11-12,16H,5,8-10,13-15,17H2,1-2H3;4-5,7-8,12-13H,6,9-11,14-17H2,1-3H3;1-2,4-5,11-12,19H,3,6-10,13-14H2;4-10H2,1-3H3,(H,15,17);1-6H,7H2;3H,1-2H3. The lowest BCUT2D eigenvalue weighted by Crippen LogP contribution is -2.54. The molecule has 34 heteroatoms. The minimum atomic E-state index is -0.513. The van der Waals surface area contributed by atoms with Crippen LogP contribution in [0.15, 0.2) is 159 Å². The fraction of sp³-hybridized carbons (Fsp3) is 0.511. The van der Waals surface area contributed by atoms with Gasteiger partial charge in [-0.15, -0.1) is 0 Å². The number of anilines is 1. The van der Waals surface area contributed by atoms with E-state index in [9.17, 15) is 28.8 Å². The SMILES string of the molecule is BrCc1ccccc1-n1nccn1.CC(C)(C)OC(=O)N1CCC2(CCCN(Cc3ccccc3-n3nccn3)C2=O)CC1.CC(C)(C)OC(=O)N1CCC2(CCCNC2=O)CC1.Cc1cc(C)nc(Cl)n1.Cc1cc(C)nc(N2CCC3(CCCN(Cc4ccccc4-n4nccn4)C3=O)CC2)n1.O=C1N(Cc2ccccc2-n2nccn2)CCCC12CCNCC2. The number of piperidine rings is 8. The second-order valence-corrected chi connectivity index (χ2v) is 37.3. The van der Waals surface area contributed by atoms with Gasteiger partial charge >= 0.3 is 12.2 Å². The molecule has 8 aliphatic rings. The molecule has 6 amide bonds. The normalized spacial score (nSPS) is 18.2. The molecule has 14 heterocycles. The number of ether oxygens (including phenoxy) is 2. The Morgan fingerprint density at radius 2 is 0.695 bits per heavy atom. The van der Waals surface area contributed by atoms with E-state index in [1.54, 1.807) is 78.6 Å². The second-order valence-electron chi connectivity index (χ2n) is 36.4. The summed E-state index contributed by atoms with van der Waals surface area (Å²) in [6, 6.07) is 35.9. The largest absolute Gasteiger partial charge is 0.444 e. The molecule has 128 heavy (non-hydrogen) atoms. The summed E-state index contributed by atoms with van der Waals surface area (Å²) >= 11 is 8.95. The molecule has 6 aromatic heterocycles. The number of para-hydroxylation sites is 4. The van der Waals surface area contributed by atoms with E-state index in [2.05, 4.69) is 104 Å². The van der Waals surface area contributed by atoms with Gasteiger partial charge in [-0.25, -0.2) is 29.5 Å². The van der Waals surface area contributed by atoms with Crippen LogP contribution in [0.1, 0.15) is 189 Å². The lowest BCUT2D eigenvalue weighted by molar-refractivity contribution is -0.150. The smallest absolute Gasteiger partial charge is 0.410 e. The van der Waals surface area contributed by atoms with Gasteiger partial charge < -0.3 is 49.5 Å². The van der Waals surface area contributed by atoms with Crippen molar-refractivity contribution in [2.75, 3.05) is 83.4 Å². The first-order chi connectivity index (χ1) is 61.5. The highest BCUT2D eigenvalue weighted by Gasteiger charge is 2.50. The Bertz CT molecular complexity index is 5250. The third kappa shape index (κ3) is 24.1. The summed E-state index contributed by atoms with van der Waals surface area (Å²) in [5.41, 5.74) is 9.92. The van der Waals surface area contributed by atoms with Crippen LogP contribution in [-0.2, 0) is 53.6 Å². The monoisotopic (exact) mass is 1830 g/mol. The number of aryl methyl sites for hydroxylation is 4. The van der Waals surface area contributed by atoms with Crippen molar-refractivity contribution < 1.29 is 38.2 Å². The minimum Gasteiger partial charge on any atom is -0.444 e. The fourth-order valence-corrected chi connectivity index (χ4v) is 19.2. The van der Waals surface area contributed by atoms with Crippen molar-refractivity contribution in [2.45, 2.75) is 208 Å². The number of hydrogen-bond donors (Lipinski definition) is 2. The van der Waals surface area contributed by atoms with Crippen LogP contribution in [0.5, 0.6) is 0 Å². The van der Waals surface area contributed by atoms with Crippen molar-refractivity contribution in [3.63, 3.8) is 0 Å². The first-order valence-electron chi connectivity index (χ1n) is 44.7. The Labute approximate surface area is 763 Å². The number of hydrogen-bond acceptors (Lipinski definition) is 22. The zero-order valence-corrected chi connectivity index (χ0v) is 77.8. The van der Waals surface area contributed by atoms with Crippen LogP contribution in [0.25, 0.3) is 22.7 Å². The summed E-state index contributed by atoms with van der Waals surface area (Å²) in [6.45, 7) is 29.8. The molecular weight excluding hydrogens is 1710 g/mol. The van der Waals surface area contributed by atoms with E-state index in [0.29, 0.717) is 69.8 Å². The number of benzene rings is 4. The molecule has 18 rings (SSSR count). The number of nitrogens with one attached hydrogen (secondary N) is 2. The summed E-state index contributed by atoms with van der Waals surface area (Å²) < 4.78 is 10.9. The van der Waals surface area contributed by atoms with Crippen molar-refractivity contribution in [1.82, 2.24) is 115 Å². The molecule has 2 N–H and O–H groups in total. The van der Waals surface area contributed by atoms with E-state index in [4.69, 9.17) is 21.1 Å². The Hall–Kier alpha value is -11.5. The predicted molar refractivity (Wildman–Crippen MR) is 490 cm³/mol. The lowest BCUT2D eigenvalue weighted by Gasteiger charge is -2.46. The van der Waals surface area contributed by atoms with Gasteiger partial charge in [0.05, 0.1) is 94.0 Å². The molecule has 8 saturated heterocycles. The van der Waals surface area contributed by atoms with Gasteiger partial charge in [0.1, 0.15) is 11.2 Å². The van der Waals surface area contributed by atoms with E-state index in [1.165, 1.54) is 5.56 Å². The molecule has 4 aromatic carbocycles. The molecule has 0 aliphatic carbocycles. The van der Waals surface area contributed by atoms with E-state index in [1.807, 2.05) is 181 Å². The van der Waals surface area contributed by atoms with Crippen molar-refractivity contribution in [3.8, 4) is 22.7 Å². The maximum Gasteiger partial charge on any atom is 0.410 e. The molecule has 0 radical (unpaired) electrons. The lowest BCUT2D eigenvalue weighted by atomic mass is 9.71. The van der Waals surface area contributed by atoms with Gasteiger partial charge in [0, 0.05) is 113 Å². The van der Waals surface area contributed by atoms with Gasteiger partial charge in [0.15, 0.2) is 0 Å². The summed E-state index contributed by atoms with van der Waals surface area (Å²) in [5.74, 6) is 1.78. The zero-order valence-electron chi connectivity index (χ0n) is 75.5. The number of halogens is 2. The summed E-state index contributed by atoms with van der Waals surface area (Å²) in [5, 5.41) is 41.1. The van der Waals surface area contributed by atoms with Crippen LogP contribution in [0.3, 0.4) is 0 Å². The Kier molecular flexibility index (Phi) is 31.4. The molecular formula is C94H122BrClN24O8. The number of alkyl halides is 1. The number of rotatable bonds is 12. The predicted octanol–water partition coefficient (Wildman–Crippen LogP) is 14.1. The van der Waals surface area contributed by atoms with Crippen molar-refractivity contribution in [1.29, 1.82) is 0 Å². The van der Waals surface area contributed by atoms with Crippen molar-refractivity contribution in [2.24, 2.45) is 21.7 Å². The van der Waals surface area contributed by atoms with Gasteiger partial charge in [-0.1, -0.05) is 88.7 Å². The highest BCUT2D eigenvalue weighted by molar-refractivity contribution is 9.08. The molecule has 8 aliphatic heterocycles. The fourth-order valence-electron chi connectivity index (χ4n) is 18.5. The zero-order chi connectivity index (χ0) is 90.6.